The quantitative estimate of drug-likeness (QED) is 0.214. The van der Waals surface area contributed by atoms with Crippen LogP contribution < -0.4 is 15.8 Å². The van der Waals surface area contributed by atoms with Gasteiger partial charge in [0.15, 0.2) is 0 Å². The van der Waals surface area contributed by atoms with Crippen LogP contribution in [0.3, 0.4) is 0 Å². The van der Waals surface area contributed by atoms with Gasteiger partial charge in [0.1, 0.15) is 0 Å². The van der Waals surface area contributed by atoms with Gasteiger partial charge in [-0.25, -0.2) is 0 Å². The molecule has 9 rings (SSSR count). The van der Waals surface area contributed by atoms with Crippen LogP contribution in [0.4, 0.5) is 17.1 Å². The van der Waals surface area contributed by atoms with E-state index in [1.807, 2.05) is 0 Å². The first kappa shape index (κ1) is 22.6. The first-order chi connectivity index (χ1) is 19.6. The molecule has 3 aliphatic rings. The highest BCUT2D eigenvalue weighted by Gasteiger charge is 2.46. The number of para-hydroxylation sites is 1. The van der Waals surface area contributed by atoms with Gasteiger partial charge in [0, 0.05) is 44.3 Å². The van der Waals surface area contributed by atoms with Gasteiger partial charge in [0.05, 0.1) is 5.69 Å². The molecule has 3 aliphatic heterocycles. The molecule has 0 saturated heterocycles. The second-order valence-electron chi connectivity index (χ2n) is 12.2. The van der Waals surface area contributed by atoms with Crippen molar-refractivity contribution >= 4 is 56.6 Å². The first-order valence-electron chi connectivity index (χ1n) is 14.8. The summed E-state index contributed by atoms with van der Waals surface area (Å²) in [4.78, 5) is 2.58. The standard InChI is InChI=1S/C37H31BN2/c1-5-6-10-24-19-29-26-12-9-16-32-34(26)38-33-25(27-13-7-14-28-30(20-24)37(29)40(38)36(27)28)11-8-15-31(33)39(32)35-22(3)17-21(2)18-23(35)4/h7-9,11-20H,5-6,10H2,1-4H3. The molecule has 40 heavy (non-hydrogen) atoms. The minimum Gasteiger partial charge on any atom is -0.375 e. The zero-order valence-electron chi connectivity index (χ0n) is 23.6. The minimum absolute atomic E-state index is 0.184. The molecule has 0 spiro atoms. The molecule has 1 aromatic heterocycles. The van der Waals surface area contributed by atoms with Crippen LogP contribution in [-0.2, 0) is 6.42 Å². The van der Waals surface area contributed by atoms with Gasteiger partial charge in [0.2, 0.25) is 0 Å². The number of hydrogen-bond donors (Lipinski definition) is 0. The molecular weight excluding hydrogens is 483 g/mol. The summed E-state index contributed by atoms with van der Waals surface area (Å²) in [6.07, 6.45) is 3.56. The van der Waals surface area contributed by atoms with E-state index >= 15 is 0 Å². The van der Waals surface area contributed by atoms with Gasteiger partial charge in [-0.3, -0.25) is 0 Å². The van der Waals surface area contributed by atoms with Crippen LogP contribution in [0, 0.1) is 20.8 Å². The summed E-state index contributed by atoms with van der Waals surface area (Å²) >= 11 is 0. The topological polar surface area (TPSA) is 8.17 Å². The summed E-state index contributed by atoms with van der Waals surface area (Å²) < 4.78 is 2.71. The molecule has 0 aliphatic carbocycles. The van der Waals surface area contributed by atoms with E-state index in [0.717, 1.165) is 6.42 Å². The summed E-state index contributed by atoms with van der Waals surface area (Å²) in [7, 11) is 0. The smallest absolute Gasteiger partial charge is 0.333 e. The third kappa shape index (κ3) is 2.61. The largest absolute Gasteiger partial charge is 0.375 e. The second-order valence-corrected chi connectivity index (χ2v) is 12.2. The molecule has 192 valence electrons. The van der Waals surface area contributed by atoms with E-state index in [2.05, 4.69) is 116 Å². The molecule has 2 nitrogen and oxygen atoms in total. The molecule has 3 heteroatoms. The van der Waals surface area contributed by atoms with Gasteiger partial charge in [-0.05, 0) is 96.6 Å². The second kappa shape index (κ2) is 7.70. The Morgan fingerprint density at radius 3 is 1.98 bits per heavy atom. The number of unbranched alkanes of at least 4 members (excludes halogenated alkanes) is 1. The van der Waals surface area contributed by atoms with Crippen molar-refractivity contribution in [3.05, 3.63) is 101 Å². The third-order valence-corrected chi connectivity index (χ3v) is 9.69. The van der Waals surface area contributed by atoms with Gasteiger partial charge in [0.25, 0.3) is 0 Å². The third-order valence-electron chi connectivity index (χ3n) is 9.69. The van der Waals surface area contributed by atoms with Crippen molar-refractivity contribution in [3.8, 4) is 22.3 Å². The predicted molar refractivity (Wildman–Crippen MR) is 172 cm³/mol. The van der Waals surface area contributed by atoms with Crippen molar-refractivity contribution in [3.63, 3.8) is 0 Å². The summed E-state index contributed by atoms with van der Waals surface area (Å²) in [6, 6.07) is 30.6. The lowest BCUT2D eigenvalue weighted by Crippen LogP contribution is -2.58. The molecule has 0 fully saturated rings. The Morgan fingerprint density at radius 2 is 1.27 bits per heavy atom. The average Bonchev–Trinajstić information content (AvgIpc) is 3.29. The molecule has 5 aromatic carbocycles. The van der Waals surface area contributed by atoms with Crippen LogP contribution in [0.5, 0.6) is 0 Å². The van der Waals surface area contributed by atoms with Crippen LogP contribution in [0.2, 0.25) is 0 Å². The molecule has 0 amide bonds. The van der Waals surface area contributed by atoms with E-state index in [0.29, 0.717) is 0 Å². The number of rotatable bonds is 4. The number of benzene rings is 5. The van der Waals surface area contributed by atoms with Gasteiger partial charge >= 0.3 is 6.85 Å². The Morgan fingerprint density at radius 1 is 0.650 bits per heavy atom. The Labute approximate surface area is 236 Å². The fraction of sp³-hybridized carbons (Fsp3) is 0.189. The summed E-state index contributed by atoms with van der Waals surface area (Å²) in [5.41, 5.74) is 20.6. The van der Waals surface area contributed by atoms with E-state index in [1.54, 1.807) is 0 Å². The number of hydrogen-bond acceptors (Lipinski definition) is 1. The van der Waals surface area contributed by atoms with Crippen molar-refractivity contribution < 1.29 is 0 Å². The van der Waals surface area contributed by atoms with Crippen molar-refractivity contribution in [2.24, 2.45) is 0 Å². The summed E-state index contributed by atoms with van der Waals surface area (Å²) in [5.74, 6) is 0. The molecule has 0 N–H and O–H groups in total. The fourth-order valence-electron chi connectivity index (χ4n) is 8.34. The van der Waals surface area contributed by atoms with Crippen molar-refractivity contribution in [2.45, 2.75) is 47.0 Å². The van der Waals surface area contributed by atoms with Crippen molar-refractivity contribution in [1.29, 1.82) is 0 Å². The molecule has 6 aromatic rings. The van der Waals surface area contributed by atoms with E-state index in [9.17, 15) is 0 Å². The van der Waals surface area contributed by atoms with Gasteiger partial charge in [-0.2, -0.15) is 0 Å². The number of nitrogens with zero attached hydrogens (tertiary/aromatic N) is 2. The molecule has 0 atom stereocenters. The fourth-order valence-corrected chi connectivity index (χ4v) is 8.34. The lowest BCUT2D eigenvalue weighted by molar-refractivity contribution is 0.796. The number of anilines is 3. The minimum atomic E-state index is 0.184. The van der Waals surface area contributed by atoms with E-state index in [4.69, 9.17) is 0 Å². The van der Waals surface area contributed by atoms with Gasteiger partial charge < -0.3 is 9.38 Å². The maximum atomic E-state index is 2.71. The highest BCUT2D eigenvalue weighted by molar-refractivity contribution is 6.91. The Hall–Kier alpha value is -4.24. The Kier molecular flexibility index (Phi) is 4.34. The number of aromatic nitrogens is 1. The van der Waals surface area contributed by atoms with E-state index in [-0.39, 0.29) is 6.85 Å². The number of aryl methyl sites for hydroxylation is 4. The lowest BCUT2D eigenvalue weighted by Gasteiger charge is -2.43. The maximum Gasteiger partial charge on any atom is 0.333 e. The monoisotopic (exact) mass is 514 g/mol. The molecule has 0 unspecified atom stereocenters. The predicted octanol–water partition coefficient (Wildman–Crippen LogP) is 8.46. The molecule has 0 saturated carbocycles. The van der Waals surface area contributed by atoms with E-state index < -0.39 is 0 Å². The first-order valence-corrected chi connectivity index (χ1v) is 14.8. The molecule has 0 bridgehead atoms. The highest BCUT2D eigenvalue weighted by atomic mass is 15.2. The van der Waals surface area contributed by atoms with E-state index in [1.165, 1.54) is 107 Å². The zero-order valence-corrected chi connectivity index (χ0v) is 23.6. The Balaban J connectivity index is 1.49. The molecular formula is C37H31BN2. The van der Waals surface area contributed by atoms with Crippen LogP contribution in [0.1, 0.15) is 42.0 Å². The lowest BCUT2D eigenvalue weighted by atomic mass is 9.43. The van der Waals surface area contributed by atoms with Gasteiger partial charge in [-0.15, -0.1) is 0 Å². The maximum absolute atomic E-state index is 2.71. The van der Waals surface area contributed by atoms with Crippen LogP contribution in [0.25, 0.3) is 44.1 Å². The summed E-state index contributed by atoms with van der Waals surface area (Å²) in [5, 5.41) is 2.81. The highest BCUT2D eigenvalue weighted by Crippen LogP contribution is 2.50. The SMILES string of the molecule is CCCCc1cc2c3c(c1)c1cccc4c1n3B1c3c-4cccc3N(c3c(C)cc(C)cc3C)c3cccc-2c31. The number of fused-ring (bicyclic) bond motifs is 3. The Bertz CT molecular complexity index is 2070. The molecule has 0 radical (unpaired) electrons. The van der Waals surface area contributed by atoms with Crippen molar-refractivity contribution in [1.82, 2.24) is 4.48 Å². The van der Waals surface area contributed by atoms with Crippen LogP contribution in [-0.4, -0.2) is 11.3 Å². The van der Waals surface area contributed by atoms with Gasteiger partial charge in [-0.1, -0.05) is 73.5 Å². The normalized spacial score (nSPS) is 13.7. The van der Waals surface area contributed by atoms with Crippen molar-refractivity contribution in [2.75, 3.05) is 4.90 Å². The van der Waals surface area contributed by atoms with Crippen LogP contribution >= 0.6 is 0 Å². The summed E-state index contributed by atoms with van der Waals surface area (Å²) in [6.45, 7) is 9.23. The molecule has 4 heterocycles. The van der Waals surface area contributed by atoms with Crippen LogP contribution in [0.15, 0.2) is 78.9 Å². The zero-order chi connectivity index (χ0) is 26.9. The average molecular weight is 514 g/mol.